The van der Waals surface area contributed by atoms with Gasteiger partial charge in [-0.05, 0) is 11.5 Å². The third kappa shape index (κ3) is 1.37. The molecule has 0 aliphatic heterocycles. The summed E-state index contributed by atoms with van der Waals surface area (Å²) in [5.41, 5.74) is -0.441. The van der Waals surface area contributed by atoms with E-state index in [4.69, 9.17) is 5.11 Å². The molecule has 3 aromatic rings. The van der Waals surface area contributed by atoms with Gasteiger partial charge in [0.2, 0.25) is 0 Å². The first-order valence-corrected chi connectivity index (χ1v) is 5.31. The van der Waals surface area contributed by atoms with Crippen molar-refractivity contribution in [3.63, 3.8) is 0 Å². The van der Waals surface area contributed by atoms with Crippen molar-refractivity contribution in [2.24, 2.45) is 0 Å². The number of carboxylic acid groups (broad SMARTS) is 1. The highest BCUT2D eigenvalue weighted by Crippen LogP contribution is 2.16. The van der Waals surface area contributed by atoms with Gasteiger partial charge in [0.05, 0.1) is 0 Å². The minimum atomic E-state index is -1.27. The summed E-state index contributed by atoms with van der Waals surface area (Å²) in [6.07, 6.45) is 2.64. The maximum Gasteiger partial charge on any atom is 0.342 e. The van der Waals surface area contributed by atoms with Crippen LogP contribution >= 0.6 is 0 Å². The number of hydrogen-bond donors (Lipinski definition) is 1. The number of pyridine rings is 1. The number of benzene rings is 1. The van der Waals surface area contributed by atoms with Gasteiger partial charge in [-0.1, -0.05) is 24.3 Å². The standard InChI is InChI=1S/C13H8N2O3/c16-12-10(13(17)18)7-14-11-9-4-2-1-3-8(9)5-6-15(11)12/h1-7H,(H,17,18). The molecule has 88 valence electrons. The van der Waals surface area contributed by atoms with Gasteiger partial charge in [0, 0.05) is 17.8 Å². The molecule has 0 saturated carbocycles. The van der Waals surface area contributed by atoms with Gasteiger partial charge in [0.1, 0.15) is 11.2 Å². The number of aromatic nitrogens is 2. The topological polar surface area (TPSA) is 71.7 Å². The average Bonchev–Trinajstić information content (AvgIpc) is 2.38. The molecule has 0 aliphatic rings. The molecule has 0 saturated heterocycles. The van der Waals surface area contributed by atoms with Gasteiger partial charge in [0.25, 0.3) is 5.56 Å². The Bertz CT molecular complexity index is 836. The van der Waals surface area contributed by atoms with Crippen molar-refractivity contribution in [2.75, 3.05) is 0 Å². The number of nitrogens with zero attached hydrogens (tertiary/aromatic N) is 2. The van der Waals surface area contributed by atoms with Crippen molar-refractivity contribution in [1.29, 1.82) is 0 Å². The molecule has 5 nitrogen and oxygen atoms in total. The summed E-state index contributed by atoms with van der Waals surface area (Å²) in [5.74, 6) is -1.27. The number of carbonyl (C=O) groups is 1. The lowest BCUT2D eigenvalue weighted by atomic mass is 10.1. The summed E-state index contributed by atoms with van der Waals surface area (Å²) in [6.45, 7) is 0. The maximum atomic E-state index is 12.0. The van der Waals surface area contributed by atoms with E-state index in [1.165, 1.54) is 4.40 Å². The third-order valence-corrected chi connectivity index (χ3v) is 2.83. The monoisotopic (exact) mass is 240 g/mol. The highest BCUT2D eigenvalue weighted by Gasteiger charge is 2.12. The van der Waals surface area contributed by atoms with Gasteiger partial charge >= 0.3 is 5.97 Å². The summed E-state index contributed by atoms with van der Waals surface area (Å²) in [5, 5.41) is 10.7. The van der Waals surface area contributed by atoms with Crippen LogP contribution in [0.4, 0.5) is 0 Å². The van der Waals surface area contributed by atoms with Crippen molar-refractivity contribution in [3.8, 4) is 0 Å². The summed E-state index contributed by atoms with van der Waals surface area (Å²) in [6, 6.07) is 9.25. The zero-order valence-corrected chi connectivity index (χ0v) is 9.20. The Hall–Kier alpha value is -2.69. The van der Waals surface area contributed by atoms with Crippen LogP contribution in [0.5, 0.6) is 0 Å². The fraction of sp³-hybridized carbons (Fsp3) is 0. The number of rotatable bonds is 1. The number of aromatic carboxylic acids is 1. The molecule has 5 heteroatoms. The van der Waals surface area contributed by atoms with E-state index in [1.54, 1.807) is 12.3 Å². The van der Waals surface area contributed by atoms with Gasteiger partial charge in [-0.3, -0.25) is 9.20 Å². The van der Waals surface area contributed by atoms with Crippen LogP contribution in [0, 0.1) is 0 Å². The molecule has 1 N–H and O–H groups in total. The van der Waals surface area contributed by atoms with Gasteiger partial charge in [0.15, 0.2) is 0 Å². The highest BCUT2D eigenvalue weighted by atomic mass is 16.4. The molecule has 0 unspecified atom stereocenters. The van der Waals surface area contributed by atoms with E-state index >= 15 is 0 Å². The second-order valence-corrected chi connectivity index (χ2v) is 3.88. The van der Waals surface area contributed by atoms with E-state index in [0.717, 1.165) is 17.0 Å². The largest absolute Gasteiger partial charge is 0.477 e. The smallest absolute Gasteiger partial charge is 0.342 e. The molecule has 2 aromatic heterocycles. The fourth-order valence-electron chi connectivity index (χ4n) is 1.95. The first-order chi connectivity index (χ1) is 8.68. The number of fused-ring (bicyclic) bond motifs is 3. The minimum absolute atomic E-state index is 0.331. The molecule has 0 bridgehead atoms. The predicted molar refractivity (Wildman–Crippen MR) is 65.9 cm³/mol. The molecule has 2 heterocycles. The second kappa shape index (κ2) is 3.66. The summed E-state index contributed by atoms with van der Waals surface area (Å²) >= 11 is 0. The predicted octanol–water partition coefficient (Wildman–Crippen LogP) is 1.55. The van der Waals surface area contributed by atoms with Crippen LogP contribution in [0.1, 0.15) is 10.4 Å². The van der Waals surface area contributed by atoms with Crippen molar-refractivity contribution in [3.05, 3.63) is 58.6 Å². The molecule has 0 radical (unpaired) electrons. The first-order valence-electron chi connectivity index (χ1n) is 5.31. The number of carboxylic acids is 1. The molecule has 0 spiro atoms. The molecular formula is C13H8N2O3. The zero-order chi connectivity index (χ0) is 12.7. The Labute approximate surface area is 101 Å². The van der Waals surface area contributed by atoms with Crippen LogP contribution < -0.4 is 5.56 Å². The summed E-state index contributed by atoms with van der Waals surface area (Å²) in [7, 11) is 0. The van der Waals surface area contributed by atoms with E-state index in [9.17, 15) is 9.59 Å². The Morgan fingerprint density at radius 2 is 2.00 bits per heavy atom. The van der Waals surface area contributed by atoms with Crippen LogP contribution in [0.2, 0.25) is 0 Å². The Morgan fingerprint density at radius 1 is 1.22 bits per heavy atom. The molecule has 3 rings (SSSR count). The van der Waals surface area contributed by atoms with Crippen molar-refractivity contribution in [1.82, 2.24) is 9.38 Å². The molecule has 0 aliphatic carbocycles. The van der Waals surface area contributed by atoms with Gasteiger partial charge in [-0.15, -0.1) is 0 Å². The van der Waals surface area contributed by atoms with Gasteiger partial charge in [-0.2, -0.15) is 0 Å². The Kier molecular flexibility index (Phi) is 2.13. The normalized spacial score (nSPS) is 10.9. The lowest BCUT2D eigenvalue weighted by Gasteiger charge is -2.04. The lowest BCUT2D eigenvalue weighted by molar-refractivity contribution is 0.0694. The minimum Gasteiger partial charge on any atom is -0.477 e. The van der Waals surface area contributed by atoms with E-state index in [1.807, 2.05) is 24.3 Å². The first kappa shape index (κ1) is 10.5. The van der Waals surface area contributed by atoms with Crippen LogP contribution in [0.25, 0.3) is 16.4 Å². The van der Waals surface area contributed by atoms with E-state index < -0.39 is 11.5 Å². The van der Waals surface area contributed by atoms with Crippen LogP contribution in [0.3, 0.4) is 0 Å². The molecule has 18 heavy (non-hydrogen) atoms. The molecule has 0 fully saturated rings. The highest BCUT2D eigenvalue weighted by molar-refractivity contribution is 5.94. The van der Waals surface area contributed by atoms with Crippen molar-refractivity contribution >= 4 is 22.4 Å². The average molecular weight is 240 g/mol. The van der Waals surface area contributed by atoms with Crippen LogP contribution in [-0.4, -0.2) is 20.5 Å². The van der Waals surface area contributed by atoms with Crippen LogP contribution in [0.15, 0.2) is 47.5 Å². The van der Waals surface area contributed by atoms with E-state index in [2.05, 4.69) is 4.98 Å². The Balaban J connectivity index is 2.52. The molecule has 0 amide bonds. The Morgan fingerprint density at radius 3 is 2.78 bits per heavy atom. The quantitative estimate of drug-likeness (QED) is 0.655. The number of hydrogen-bond acceptors (Lipinski definition) is 3. The molecule has 0 atom stereocenters. The second-order valence-electron chi connectivity index (χ2n) is 3.88. The molecule has 1 aromatic carbocycles. The van der Waals surface area contributed by atoms with Crippen LogP contribution in [-0.2, 0) is 0 Å². The van der Waals surface area contributed by atoms with Crippen molar-refractivity contribution < 1.29 is 9.90 Å². The molecular weight excluding hydrogens is 232 g/mol. The van der Waals surface area contributed by atoms with Crippen molar-refractivity contribution in [2.45, 2.75) is 0 Å². The van der Waals surface area contributed by atoms with Gasteiger partial charge < -0.3 is 5.11 Å². The lowest BCUT2D eigenvalue weighted by Crippen LogP contribution is -2.22. The fourth-order valence-corrected chi connectivity index (χ4v) is 1.95. The summed E-state index contributed by atoms with van der Waals surface area (Å²) < 4.78 is 1.26. The SMILES string of the molecule is O=C(O)c1cnc2c3ccccc3ccn2c1=O. The van der Waals surface area contributed by atoms with E-state index in [-0.39, 0.29) is 5.56 Å². The third-order valence-electron chi connectivity index (χ3n) is 2.83. The van der Waals surface area contributed by atoms with Gasteiger partial charge in [-0.25, -0.2) is 9.78 Å². The van der Waals surface area contributed by atoms with E-state index in [0.29, 0.717) is 5.65 Å². The summed E-state index contributed by atoms with van der Waals surface area (Å²) in [4.78, 5) is 26.9. The zero-order valence-electron chi connectivity index (χ0n) is 9.20. The maximum absolute atomic E-state index is 12.0.